The zero-order valence-corrected chi connectivity index (χ0v) is 16.6. The van der Waals surface area contributed by atoms with Crippen LogP contribution in [0.15, 0.2) is 42.5 Å². The lowest BCUT2D eigenvalue weighted by molar-refractivity contribution is -0.151. The molecule has 8 heteroatoms. The van der Waals surface area contributed by atoms with Gasteiger partial charge < -0.3 is 15.0 Å². The zero-order valence-electron chi connectivity index (χ0n) is 15.1. The van der Waals surface area contributed by atoms with E-state index in [1.165, 1.54) is 4.90 Å². The van der Waals surface area contributed by atoms with Gasteiger partial charge in [-0.3, -0.25) is 14.4 Å². The molecule has 0 saturated carbocycles. The maximum atomic E-state index is 12.3. The summed E-state index contributed by atoms with van der Waals surface area (Å²) in [5.74, 6) is -1.86. The summed E-state index contributed by atoms with van der Waals surface area (Å²) in [5.41, 5.74) is 2.07. The van der Waals surface area contributed by atoms with E-state index in [2.05, 4.69) is 5.32 Å². The van der Waals surface area contributed by atoms with Gasteiger partial charge in [-0.1, -0.05) is 29.3 Å². The van der Waals surface area contributed by atoms with Crippen LogP contribution in [0.1, 0.15) is 12.0 Å². The van der Waals surface area contributed by atoms with Crippen molar-refractivity contribution < 1.29 is 19.1 Å². The van der Waals surface area contributed by atoms with Gasteiger partial charge in [0.15, 0.2) is 6.61 Å². The smallest absolute Gasteiger partial charge is 0.311 e. The number of benzene rings is 2. The molecule has 1 atom stereocenters. The summed E-state index contributed by atoms with van der Waals surface area (Å²) in [6, 6.07) is 11.9. The standard InChI is InChI=1S/C20H18Cl2N2O4/c1-12-2-5-15(9-17(12)22)23-18(25)11-28-20(27)13-8-19(26)24(10-13)16-6-3-14(21)4-7-16/h2-7,9,13H,8,10-11H2,1H3,(H,23,25)/t13-/m0/s1. The predicted octanol–water partition coefficient (Wildman–Crippen LogP) is 3.84. The first-order chi connectivity index (χ1) is 13.3. The van der Waals surface area contributed by atoms with Crippen LogP contribution in [0.5, 0.6) is 0 Å². The largest absolute Gasteiger partial charge is 0.455 e. The number of amides is 2. The number of nitrogens with zero attached hydrogens (tertiary/aromatic N) is 1. The van der Waals surface area contributed by atoms with Crippen LogP contribution >= 0.6 is 23.2 Å². The third-order valence-corrected chi connectivity index (χ3v) is 5.06. The summed E-state index contributed by atoms with van der Waals surface area (Å²) in [6.45, 7) is 1.62. The first kappa shape index (κ1) is 20.2. The maximum absolute atomic E-state index is 12.3. The van der Waals surface area contributed by atoms with Gasteiger partial charge in [0.2, 0.25) is 5.91 Å². The molecule has 1 aliphatic rings. The molecule has 1 aliphatic heterocycles. The van der Waals surface area contributed by atoms with Gasteiger partial charge in [-0.2, -0.15) is 0 Å². The van der Waals surface area contributed by atoms with Gasteiger partial charge in [0.25, 0.3) is 5.91 Å². The normalized spacial score (nSPS) is 16.2. The molecule has 0 unspecified atom stereocenters. The molecular weight excluding hydrogens is 403 g/mol. The molecule has 1 saturated heterocycles. The van der Waals surface area contributed by atoms with Gasteiger partial charge in [0, 0.05) is 34.4 Å². The molecule has 0 spiro atoms. The molecule has 1 N–H and O–H groups in total. The predicted molar refractivity (Wildman–Crippen MR) is 108 cm³/mol. The first-order valence-electron chi connectivity index (χ1n) is 8.62. The topological polar surface area (TPSA) is 75.7 Å². The molecule has 2 aromatic carbocycles. The lowest BCUT2D eigenvalue weighted by Crippen LogP contribution is -2.28. The molecule has 1 heterocycles. The average Bonchev–Trinajstić information content (AvgIpc) is 3.05. The molecule has 0 bridgehead atoms. The van der Waals surface area contributed by atoms with Gasteiger partial charge in [0.1, 0.15) is 0 Å². The number of aryl methyl sites for hydroxylation is 1. The number of hydrogen-bond acceptors (Lipinski definition) is 4. The Bertz CT molecular complexity index is 915. The van der Waals surface area contributed by atoms with E-state index in [9.17, 15) is 14.4 Å². The van der Waals surface area contributed by atoms with E-state index in [0.29, 0.717) is 21.4 Å². The third-order valence-electron chi connectivity index (χ3n) is 4.40. The summed E-state index contributed by atoms with van der Waals surface area (Å²) in [6.07, 6.45) is 0.0383. The number of rotatable bonds is 5. The number of halogens is 2. The molecule has 2 amide bonds. The van der Waals surface area contributed by atoms with Crippen LogP contribution < -0.4 is 10.2 Å². The highest BCUT2D eigenvalue weighted by Crippen LogP contribution is 2.27. The van der Waals surface area contributed by atoms with E-state index in [-0.39, 0.29) is 18.9 Å². The van der Waals surface area contributed by atoms with Gasteiger partial charge >= 0.3 is 5.97 Å². The summed E-state index contributed by atoms with van der Waals surface area (Å²) in [4.78, 5) is 38.0. The van der Waals surface area contributed by atoms with Crippen molar-refractivity contribution in [3.8, 4) is 0 Å². The first-order valence-corrected chi connectivity index (χ1v) is 9.37. The average molecular weight is 421 g/mol. The lowest BCUT2D eigenvalue weighted by atomic mass is 10.1. The Morgan fingerprint density at radius 2 is 1.89 bits per heavy atom. The molecular formula is C20H18Cl2N2O4. The Kier molecular flexibility index (Phi) is 6.21. The number of ether oxygens (including phenoxy) is 1. The molecule has 6 nitrogen and oxygen atoms in total. The van der Waals surface area contributed by atoms with Crippen molar-refractivity contribution >= 4 is 52.4 Å². The Hall–Kier alpha value is -2.57. The van der Waals surface area contributed by atoms with Crippen LogP contribution in [0.4, 0.5) is 11.4 Å². The van der Waals surface area contributed by atoms with Crippen LogP contribution in [0.25, 0.3) is 0 Å². The third kappa shape index (κ3) is 4.82. The monoisotopic (exact) mass is 420 g/mol. The van der Waals surface area contributed by atoms with Gasteiger partial charge in [0.05, 0.1) is 5.92 Å². The molecule has 146 valence electrons. The minimum absolute atomic E-state index is 0.0383. The second-order valence-corrected chi connectivity index (χ2v) is 7.35. The van der Waals surface area contributed by atoms with Crippen LogP contribution in [0.2, 0.25) is 10.0 Å². The fraction of sp³-hybridized carbons (Fsp3) is 0.250. The van der Waals surface area contributed by atoms with Crippen molar-refractivity contribution in [3.63, 3.8) is 0 Å². The second kappa shape index (κ2) is 8.63. The highest BCUT2D eigenvalue weighted by atomic mass is 35.5. The molecule has 28 heavy (non-hydrogen) atoms. The Morgan fingerprint density at radius 3 is 2.57 bits per heavy atom. The van der Waals surface area contributed by atoms with Gasteiger partial charge in [-0.15, -0.1) is 0 Å². The Labute approximate surface area is 172 Å². The number of carbonyl (C=O) groups excluding carboxylic acids is 3. The fourth-order valence-corrected chi connectivity index (χ4v) is 3.16. The Balaban J connectivity index is 1.52. The molecule has 1 fully saturated rings. The van der Waals surface area contributed by atoms with Crippen LogP contribution in [-0.2, 0) is 19.1 Å². The summed E-state index contributed by atoms with van der Waals surface area (Å²) in [7, 11) is 0. The van der Waals surface area contributed by atoms with Gasteiger partial charge in [-0.05, 0) is 48.9 Å². The maximum Gasteiger partial charge on any atom is 0.311 e. The fourth-order valence-electron chi connectivity index (χ4n) is 2.86. The molecule has 3 rings (SSSR count). The number of hydrogen-bond donors (Lipinski definition) is 1. The minimum Gasteiger partial charge on any atom is -0.455 e. The van der Waals surface area contributed by atoms with E-state index in [0.717, 1.165) is 5.56 Å². The highest BCUT2D eigenvalue weighted by molar-refractivity contribution is 6.31. The minimum atomic E-state index is -0.621. The second-order valence-electron chi connectivity index (χ2n) is 6.50. The number of anilines is 2. The zero-order chi connectivity index (χ0) is 20.3. The van der Waals surface area contributed by atoms with Crippen molar-refractivity contribution in [2.45, 2.75) is 13.3 Å². The lowest BCUT2D eigenvalue weighted by Gasteiger charge is -2.16. The number of esters is 1. The molecule has 0 aromatic heterocycles. The van der Waals surface area contributed by atoms with Crippen molar-refractivity contribution in [1.29, 1.82) is 0 Å². The van der Waals surface area contributed by atoms with E-state index >= 15 is 0 Å². The van der Waals surface area contributed by atoms with Crippen LogP contribution in [0, 0.1) is 12.8 Å². The molecule has 2 aromatic rings. The van der Waals surface area contributed by atoms with E-state index < -0.39 is 24.4 Å². The van der Waals surface area contributed by atoms with Crippen LogP contribution in [-0.4, -0.2) is 30.9 Å². The van der Waals surface area contributed by atoms with E-state index in [1.807, 2.05) is 6.92 Å². The van der Waals surface area contributed by atoms with Crippen molar-refractivity contribution in [2.24, 2.45) is 5.92 Å². The summed E-state index contributed by atoms with van der Waals surface area (Å²) < 4.78 is 5.08. The SMILES string of the molecule is Cc1ccc(NC(=O)COC(=O)[C@H]2CC(=O)N(c3ccc(Cl)cc3)C2)cc1Cl. The highest BCUT2D eigenvalue weighted by Gasteiger charge is 2.36. The van der Waals surface area contributed by atoms with E-state index in [4.69, 9.17) is 27.9 Å². The van der Waals surface area contributed by atoms with Crippen molar-refractivity contribution in [3.05, 3.63) is 58.1 Å². The molecule has 0 radical (unpaired) electrons. The van der Waals surface area contributed by atoms with Crippen molar-refractivity contribution in [2.75, 3.05) is 23.4 Å². The number of nitrogens with one attached hydrogen (secondary N) is 1. The molecule has 0 aliphatic carbocycles. The van der Waals surface area contributed by atoms with Gasteiger partial charge in [-0.25, -0.2) is 0 Å². The summed E-state index contributed by atoms with van der Waals surface area (Å²) in [5, 5.41) is 3.71. The quantitative estimate of drug-likeness (QED) is 0.745. The number of carbonyl (C=O) groups is 3. The summed E-state index contributed by atoms with van der Waals surface area (Å²) >= 11 is 11.9. The van der Waals surface area contributed by atoms with Crippen LogP contribution in [0.3, 0.4) is 0 Å². The van der Waals surface area contributed by atoms with Crippen molar-refractivity contribution in [1.82, 2.24) is 0 Å². The Morgan fingerprint density at radius 1 is 1.18 bits per heavy atom. The van der Waals surface area contributed by atoms with E-state index in [1.54, 1.807) is 42.5 Å².